The van der Waals surface area contributed by atoms with E-state index in [1.54, 1.807) is 4.57 Å². The summed E-state index contributed by atoms with van der Waals surface area (Å²) in [5, 5.41) is 0. The maximum atomic E-state index is 13.6. The summed E-state index contributed by atoms with van der Waals surface area (Å²) in [7, 11) is 0. The van der Waals surface area contributed by atoms with Gasteiger partial charge >= 0.3 is 0 Å². The fraction of sp³-hybridized carbons (Fsp3) is 0.480. The Hall–Kier alpha value is -2.93. The van der Waals surface area contributed by atoms with E-state index in [2.05, 4.69) is 0 Å². The molecule has 2 saturated heterocycles. The van der Waals surface area contributed by atoms with E-state index in [0.717, 1.165) is 23.1 Å². The van der Waals surface area contributed by atoms with Crippen LogP contribution in [0, 0.1) is 0 Å². The fourth-order valence-electron chi connectivity index (χ4n) is 5.22. The molecule has 0 radical (unpaired) electrons. The van der Waals surface area contributed by atoms with Gasteiger partial charge in [0.2, 0.25) is 5.91 Å². The number of likely N-dealkylation sites (tertiary alicyclic amines) is 1. The molecule has 0 N–H and O–H groups in total. The molecule has 1 aromatic carbocycles. The highest BCUT2D eigenvalue weighted by Gasteiger charge is 2.43. The number of amides is 2. The van der Waals surface area contributed by atoms with Crippen molar-refractivity contribution in [1.29, 1.82) is 0 Å². The Kier molecular flexibility index (Phi) is 5.59. The Balaban J connectivity index is 1.51. The Labute approximate surface area is 187 Å². The predicted molar refractivity (Wildman–Crippen MR) is 119 cm³/mol. The molecule has 32 heavy (non-hydrogen) atoms. The van der Waals surface area contributed by atoms with Crippen molar-refractivity contribution >= 4 is 11.8 Å². The van der Waals surface area contributed by atoms with Gasteiger partial charge in [-0.15, -0.1) is 0 Å². The summed E-state index contributed by atoms with van der Waals surface area (Å²) in [6.07, 6.45) is 4.49. The van der Waals surface area contributed by atoms with E-state index < -0.39 is 0 Å². The molecule has 3 aliphatic heterocycles. The number of morpholine rings is 1. The first-order valence-corrected chi connectivity index (χ1v) is 11.5. The molecule has 2 fully saturated rings. The summed E-state index contributed by atoms with van der Waals surface area (Å²) < 4.78 is 7.32. The quantitative estimate of drug-likeness (QED) is 0.720. The molecule has 2 atom stereocenters. The highest BCUT2D eigenvalue weighted by atomic mass is 16.5. The van der Waals surface area contributed by atoms with Crippen LogP contribution in [0.4, 0.5) is 0 Å². The van der Waals surface area contributed by atoms with E-state index in [1.807, 2.05) is 53.3 Å². The molecule has 5 rings (SSSR count). The molecule has 4 heterocycles. The van der Waals surface area contributed by atoms with E-state index in [-0.39, 0.29) is 29.5 Å². The van der Waals surface area contributed by atoms with Gasteiger partial charge in [-0.05, 0) is 36.0 Å². The van der Waals surface area contributed by atoms with Gasteiger partial charge < -0.3 is 19.1 Å². The van der Waals surface area contributed by atoms with Crippen molar-refractivity contribution in [2.24, 2.45) is 0 Å². The van der Waals surface area contributed by atoms with Crippen molar-refractivity contribution in [3.8, 4) is 0 Å². The van der Waals surface area contributed by atoms with Crippen LogP contribution in [0.15, 0.2) is 41.3 Å². The standard InChI is InChI=1S/C25H29N3O4/c1-2-22(29)26-11-9-21-18(13-26)14-27(10-8-17-6-4-3-5-7-17)24(30)23(21)25(31)28-15-20-12-19(28)16-32-20/h3-7,14,19-20H,2,8-13,15-16H2,1H3/t19-,20-/m1/s1. The molecule has 7 nitrogen and oxygen atoms in total. The van der Waals surface area contributed by atoms with Crippen LogP contribution in [0.1, 0.15) is 46.8 Å². The summed E-state index contributed by atoms with van der Waals surface area (Å²) in [6.45, 7) is 4.44. The molecular weight excluding hydrogens is 406 g/mol. The summed E-state index contributed by atoms with van der Waals surface area (Å²) >= 11 is 0. The van der Waals surface area contributed by atoms with Crippen LogP contribution < -0.4 is 5.56 Å². The van der Waals surface area contributed by atoms with Crippen LogP contribution in [0.3, 0.4) is 0 Å². The lowest BCUT2D eigenvalue weighted by Gasteiger charge is -2.32. The lowest BCUT2D eigenvalue weighted by Crippen LogP contribution is -2.46. The Morgan fingerprint density at radius 2 is 2.00 bits per heavy atom. The van der Waals surface area contributed by atoms with Crippen molar-refractivity contribution in [3.05, 3.63) is 69.1 Å². The van der Waals surface area contributed by atoms with Gasteiger partial charge in [-0.1, -0.05) is 37.3 Å². The van der Waals surface area contributed by atoms with E-state index in [9.17, 15) is 14.4 Å². The average molecular weight is 436 g/mol. The molecule has 2 amide bonds. The number of rotatable bonds is 5. The summed E-state index contributed by atoms with van der Waals surface area (Å²) in [5.41, 5.74) is 2.95. The minimum Gasteiger partial charge on any atom is -0.374 e. The third kappa shape index (κ3) is 3.75. The van der Waals surface area contributed by atoms with Crippen molar-refractivity contribution < 1.29 is 14.3 Å². The van der Waals surface area contributed by atoms with Gasteiger partial charge in [-0.25, -0.2) is 0 Å². The largest absolute Gasteiger partial charge is 0.374 e. The zero-order valence-electron chi connectivity index (χ0n) is 18.5. The number of hydrogen-bond acceptors (Lipinski definition) is 4. The molecule has 0 unspecified atom stereocenters. The van der Waals surface area contributed by atoms with E-state index in [1.165, 1.54) is 0 Å². The van der Waals surface area contributed by atoms with Gasteiger partial charge in [0.1, 0.15) is 5.56 Å². The SMILES string of the molecule is CCC(=O)N1CCc2c(cn(CCc3ccccc3)c(=O)c2C(=O)N2C[C@H]3C[C@@H]2CO3)C1. The molecule has 1 aromatic heterocycles. The smallest absolute Gasteiger partial charge is 0.263 e. The monoisotopic (exact) mass is 435 g/mol. The number of aromatic nitrogens is 1. The Morgan fingerprint density at radius 3 is 2.69 bits per heavy atom. The number of carbonyl (C=O) groups excluding carboxylic acids is 2. The number of nitrogens with zero attached hydrogens (tertiary/aromatic N) is 3. The van der Waals surface area contributed by atoms with Crippen LogP contribution in [0.2, 0.25) is 0 Å². The van der Waals surface area contributed by atoms with Crippen molar-refractivity contribution in [2.75, 3.05) is 19.7 Å². The van der Waals surface area contributed by atoms with Crippen LogP contribution in [0.25, 0.3) is 0 Å². The number of hydrogen-bond donors (Lipinski definition) is 0. The molecule has 0 spiro atoms. The lowest BCUT2D eigenvalue weighted by molar-refractivity contribution is -0.131. The average Bonchev–Trinajstić information content (AvgIpc) is 3.46. The number of benzene rings is 1. The number of aryl methyl sites for hydroxylation is 2. The number of fused-ring (bicyclic) bond motifs is 3. The predicted octanol–water partition coefficient (Wildman–Crippen LogP) is 2.00. The Morgan fingerprint density at radius 1 is 1.19 bits per heavy atom. The lowest BCUT2D eigenvalue weighted by atomic mass is 9.95. The molecule has 0 saturated carbocycles. The molecule has 2 bridgehead atoms. The second-order valence-corrected chi connectivity index (χ2v) is 8.96. The number of ether oxygens (including phenoxy) is 1. The molecule has 0 aliphatic carbocycles. The van der Waals surface area contributed by atoms with Gasteiger partial charge in [0, 0.05) is 38.8 Å². The minimum atomic E-state index is -0.219. The van der Waals surface area contributed by atoms with Gasteiger partial charge in [-0.3, -0.25) is 14.4 Å². The number of pyridine rings is 1. The zero-order chi connectivity index (χ0) is 22.2. The van der Waals surface area contributed by atoms with Crippen molar-refractivity contribution in [1.82, 2.24) is 14.4 Å². The van der Waals surface area contributed by atoms with Crippen LogP contribution in [-0.2, 0) is 35.5 Å². The second kappa shape index (κ2) is 8.54. The molecule has 2 aromatic rings. The van der Waals surface area contributed by atoms with E-state index >= 15 is 0 Å². The molecule has 7 heteroatoms. The highest BCUT2D eigenvalue weighted by molar-refractivity contribution is 5.96. The van der Waals surface area contributed by atoms with Gasteiger partial charge in [0.15, 0.2) is 0 Å². The molecule has 3 aliphatic rings. The highest BCUT2D eigenvalue weighted by Crippen LogP contribution is 2.30. The second-order valence-electron chi connectivity index (χ2n) is 8.96. The summed E-state index contributed by atoms with van der Waals surface area (Å²) in [5.74, 6) is -0.0778. The topological polar surface area (TPSA) is 71.9 Å². The van der Waals surface area contributed by atoms with Gasteiger partial charge in [0.25, 0.3) is 11.5 Å². The van der Waals surface area contributed by atoms with Gasteiger partial charge in [-0.2, -0.15) is 0 Å². The maximum absolute atomic E-state index is 13.6. The summed E-state index contributed by atoms with van der Waals surface area (Å²) in [4.78, 5) is 43.1. The summed E-state index contributed by atoms with van der Waals surface area (Å²) in [6, 6.07) is 10.1. The van der Waals surface area contributed by atoms with E-state index in [0.29, 0.717) is 57.6 Å². The third-order valence-electron chi connectivity index (χ3n) is 6.98. The Bertz CT molecular complexity index is 1090. The molecule has 168 valence electrons. The first-order chi connectivity index (χ1) is 15.5. The van der Waals surface area contributed by atoms with Crippen LogP contribution >= 0.6 is 0 Å². The van der Waals surface area contributed by atoms with Crippen molar-refractivity contribution in [3.63, 3.8) is 0 Å². The third-order valence-corrected chi connectivity index (χ3v) is 6.98. The first kappa shape index (κ1) is 20.9. The maximum Gasteiger partial charge on any atom is 0.263 e. The van der Waals surface area contributed by atoms with E-state index in [4.69, 9.17) is 4.74 Å². The normalized spacial score (nSPS) is 21.7. The van der Waals surface area contributed by atoms with Gasteiger partial charge in [0.05, 0.1) is 18.8 Å². The fourth-order valence-corrected chi connectivity index (χ4v) is 5.22. The molecular formula is C25H29N3O4. The van der Waals surface area contributed by atoms with Crippen LogP contribution in [0.5, 0.6) is 0 Å². The van der Waals surface area contributed by atoms with Crippen LogP contribution in [-0.4, -0.2) is 58.0 Å². The number of carbonyl (C=O) groups is 2. The first-order valence-electron chi connectivity index (χ1n) is 11.5. The zero-order valence-corrected chi connectivity index (χ0v) is 18.5. The minimum absolute atomic E-state index is 0.0577. The van der Waals surface area contributed by atoms with Crippen molar-refractivity contribution in [2.45, 2.75) is 57.8 Å².